The zero-order valence-corrected chi connectivity index (χ0v) is 11.5. The summed E-state index contributed by atoms with van der Waals surface area (Å²) in [6.07, 6.45) is 1.93. The molecule has 0 unspecified atom stereocenters. The van der Waals surface area contributed by atoms with Gasteiger partial charge in [-0.1, -0.05) is 0 Å². The Labute approximate surface area is 117 Å². The lowest BCUT2D eigenvalue weighted by Gasteiger charge is -2.29. The lowest BCUT2D eigenvalue weighted by atomic mass is 9.97. The fraction of sp³-hybridized carbons (Fsp3) is 0.750. The minimum Gasteiger partial charge on any atom is -0.480 e. The van der Waals surface area contributed by atoms with Crippen LogP contribution in [0.4, 0.5) is 4.79 Å². The van der Waals surface area contributed by atoms with Gasteiger partial charge >= 0.3 is 18.0 Å². The molecule has 0 saturated carbocycles. The highest BCUT2D eigenvalue weighted by atomic mass is 16.4. The zero-order chi connectivity index (χ0) is 15.1. The fourth-order valence-corrected chi connectivity index (χ4v) is 2.14. The molecule has 1 rings (SSSR count). The van der Waals surface area contributed by atoms with Crippen LogP contribution in [0, 0.1) is 5.92 Å². The minimum absolute atomic E-state index is 0.353. The molecule has 3 N–H and O–H groups in total. The summed E-state index contributed by atoms with van der Waals surface area (Å²) in [6, 6.07) is -0.645. The van der Waals surface area contributed by atoms with Gasteiger partial charge in [-0.25, -0.2) is 4.79 Å². The Morgan fingerprint density at radius 1 is 1.15 bits per heavy atom. The van der Waals surface area contributed by atoms with E-state index < -0.39 is 31.1 Å². The lowest BCUT2D eigenvalue weighted by Crippen LogP contribution is -2.47. The van der Waals surface area contributed by atoms with Crippen molar-refractivity contribution in [3.8, 4) is 0 Å². The molecule has 114 valence electrons. The summed E-state index contributed by atoms with van der Waals surface area (Å²) in [6.45, 7) is 1.14. The van der Waals surface area contributed by atoms with Gasteiger partial charge in [-0.2, -0.15) is 0 Å². The molecule has 1 aliphatic heterocycles. The van der Waals surface area contributed by atoms with Crippen LogP contribution in [0.2, 0.25) is 0 Å². The van der Waals surface area contributed by atoms with Gasteiger partial charge in [0.1, 0.15) is 13.1 Å². The molecule has 0 aromatic heterocycles. The number of hydrogen-bond donors (Lipinski definition) is 3. The monoisotopic (exact) mass is 287 g/mol. The molecular weight excluding hydrogens is 266 g/mol. The smallest absolute Gasteiger partial charge is 0.323 e. The van der Waals surface area contributed by atoms with Gasteiger partial charge < -0.3 is 25.3 Å². The summed E-state index contributed by atoms with van der Waals surface area (Å²) in [5, 5.41) is 20.0. The number of carbonyl (C=O) groups is 3. The number of urea groups is 1. The van der Waals surface area contributed by atoms with Gasteiger partial charge in [-0.15, -0.1) is 0 Å². The number of carboxylic acid groups (broad SMARTS) is 2. The Bertz CT molecular complexity index is 350. The third kappa shape index (κ3) is 5.87. The third-order valence-corrected chi connectivity index (χ3v) is 3.32. The number of hydrogen-bond acceptors (Lipinski definition) is 4. The largest absolute Gasteiger partial charge is 0.480 e. The molecule has 0 aromatic carbocycles. The first kappa shape index (κ1) is 16.2. The summed E-state index contributed by atoms with van der Waals surface area (Å²) in [4.78, 5) is 36.0. The lowest BCUT2D eigenvalue weighted by molar-refractivity contribution is -0.140. The normalized spacial score (nSPS) is 16.6. The van der Waals surface area contributed by atoms with Crippen molar-refractivity contribution >= 4 is 18.0 Å². The molecule has 1 saturated heterocycles. The van der Waals surface area contributed by atoms with Crippen LogP contribution in [0.25, 0.3) is 0 Å². The third-order valence-electron chi connectivity index (χ3n) is 3.32. The predicted molar refractivity (Wildman–Crippen MR) is 70.5 cm³/mol. The topological polar surface area (TPSA) is 110 Å². The maximum absolute atomic E-state index is 11.8. The van der Waals surface area contributed by atoms with Crippen molar-refractivity contribution in [3.05, 3.63) is 0 Å². The number of likely N-dealkylation sites (tertiary alicyclic amines) is 1. The maximum atomic E-state index is 11.8. The highest BCUT2D eigenvalue weighted by molar-refractivity contribution is 5.84. The van der Waals surface area contributed by atoms with Crippen LogP contribution in [-0.2, 0) is 9.59 Å². The molecule has 0 aromatic rings. The summed E-state index contributed by atoms with van der Waals surface area (Å²) >= 11 is 0. The predicted octanol–water partition coefficient (Wildman–Crippen LogP) is -0.491. The molecule has 8 heteroatoms. The van der Waals surface area contributed by atoms with Gasteiger partial charge in [-0.05, 0) is 38.9 Å². The number of rotatable bonds is 6. The quantitative estimate of drug-likeness (QED) is 0.608. The maximum Gasteiger partial charge on any atom is 0.323 e. The molecule has 0 aliphatic carbocycles. The minimum atomic E-state index is -1.24. The SMILES string of the molecule is CN1CCC(CNC(=O)N(CC(=O)O)CC(=O)O)CC1. The molecule has 8 nitrogen and oxygen atoms in total. The Morgan fingerprint density at radius 3 is 2.10 bits per heavy atom. The molecule has 1 fully saturated rings. The fourth-order valence-electron chi connectivity index (χ4n) is 2.14. The van der Waals surface area contributed by atoms with E-state index in [9.17, 15) is 14.4 Å². The van der Waals surface area contributed by atoms with Crippen molar-refractivity contribution < 1.29 is 24.6 Å². The van der Waals surface area contributed by atoms with Crippen LogP contribution in [0.5, 0.6) is 0 Å². The van der Waals surface area contributed by atoms with E-state index in [0.717, 1.165) is 30.8 Å². The second kappa shape index (κ2) is 7.68. The number of carboxylic acids is 2. The number of nitrogens with zero attached hydrogens (tertiary/aromatic N) is 2. The first-order valence-corrected chi connectivity index (χ1v) is 6.53. The van der Waals surface area contributed by atoms with Crippen molar-refractivity contribution in [2.75, 3.05) is 39.8 Å². The van der Waals surface area contributed by atoms with Gasteiger partial charge in [0.25, 0.3) is 0 Å². The number of amides is 2. The molecule has 0 atom stereocenters. The van der Waals surface area contributed by atoms with E-state index in [-0.39, 0.29) is 0 Å². The van der Waals surface area contributed by atoms with Crippen molar-refractivity contribution in [2.45, 2.75) is 12.8 Å². The second-order valence-corrected chi connectivity index (χ2v) is 5.08. The number of piperidine rings is 1. The first-order valence-electron chi connectivity index (χ1n) is 6.53. The molecule has 1 heterocycles. The van der Waals surface area contributed by atoms with Gasteiger partial charge in [0.05, 0.1) is 0 Å². The summed E-state index contributed by atoms with van der Waals surface area (Å²) in [7, 11) is 2.04. The van der Waals surface area contributed by atoms with Crippen molar-refractivity contribution in [1.82, 2.24) is 15.1 Å². The molecule has 0 bridgehead atoms. The number of aliphatic carboxylic acids is 2. The first-order chi connectivity index (χ1) is 9.38. The molecule has 0 radical (unpaired) electrons. The van der Waals surface area contributed by atoms with Crippen molar-refractivity contribution in [2.24, 2.45) is 5.92 Å². The molecule has 0 spiro atoms. The molecular formula is C12H21N3O5. The van der Waals surface area contributed by atoms with Crippen molar-refractivity contribution in [3.63, 3.8) is 0 Å². The molecule has 1 aliphatic rings. The van der Waals surface area contributed by atoms with E-state index in [1.165, 1.54) is 0 Å². The summed E-state index contributed by atoms with van der Waals surface area (Å²) < 4.78 is 0. The highest BCUT2D eigenvalue weighted by Gasteiger charge is 2.22. The van der Waals surface area contributed by atoms with E-state index in [1.54, 1.807) is 0 Å². The van der Waals surface area contributed by atoms with E-state index in [0.29, 0.717) is 12.5 Å². The number of carbonyl (C=O) groups excluding carboxylic acids is 1. The van der Waals surface area contributed by atoms with Gasteiger partial charge in [-0.3, -0.25) is 9.59 Å². The molecule has 2 amide bonds. The van der Waals surface area contributed by atoms with Crippen LogP contribution in [0.1, 0.15) is 12.8 Å². The Morgan fingerprint density at radius 2 is 1.65 bits per heavy atom. The Hall–Kier alpha value is -1.83. The average Bonchev–Trinajstić information content (AvgIpc) is 2.36. The van der Waals surface area contributed by atoms with Crippen LogP contribution in [0.15, 0.2) is 0 Å². The highest BCUT2D eigenvalue weighted by Crippen LogP contribution is 2.14. The van der Waals surface area contributed by atoms with Crippen LogP contribution in [0.3, 0.4) is 0 Å². The zero-order valence-electron chi connectivity index (χ0n) is 11.5. The standard InChI is InChI=1S/C12H21N3O5/c1-14-4-2-9(3-5-14)6-13-12(20)15(7-10(16)17)8-11(18)19/h9H,2-8H2,1H3,(H,13,20)(H,16,17)(H,18,19). The summed E-state index contributed by atoms with van der Waals surface area (Å²) in [5.74, 6) is -2.12. The van der Waals surface area contributed by atoms with E-state index in [2.05, 4.69) is 10.2 Å². The Balaban J connectivity index is 2.40. The van der Waals surface area contributed by atoms with Crippen molar-refractivity contribution in [1.29, 1.82) is 0 Å². The number of nitrogens with one attached hydrogen (secondary N) is 1. The average molecular weight is 287 g/mol. The van der Waals surface area contributed by atoms with Crippen LogP contribution < -0.4 is 5.32 Å². The van der Waals surface area contributed by atoms with E-state index in [4.69, 9.17) is 10.2 Å². The van der Waals surface area contributed by atoms with Crippen LogP contribution in [-0.4, -0.2) is 77.8 Å². The van der Waals surface area contributed by atoms with Gasteiger partial charge in [0.2, 0.25) is 0 Å². The molecule has 20 heavy (non-hydrogen) atoms. The Kier molecular flexibility index (Phi) is 6.23. The van der Waals surface area contributed by atoms with E-state index in [1.807, 2.05) is 7.05 Å². The second-order valence-electron chi connectivity index (χ2n) is 5.08. The van der Waals surface area contributed by atoms with Crippen LogP contribution >= 0.6 is 0 Å². The van der Waals surface area contributed by atoms with Gasteiger partial charge in [0, 0.05) is 6.54 Å². The van der Waals surface area contributed by atoms with E-state index >= 15 is 0 Å². The van der Waals surface area contributed by atoms with Gasteiger partial charge in [0.15, 0.2) is 0 Å². The summed E-state index contributed by atoms with van der Waals surface area (Å²) in [5.41, 5.74) is 0.